The third kappa shape index (κ3) is 4.68. The summed E-state index contributed by atoms with van der Waals surface area (Å²) < 4.78 is 39.2. The SMILES string of the molecule is Cn1cc(CN2CCN(C(=O)c3ccc(COc4ccc(F)cc4F)o3)CC2)cn1. The highest BCUT2D eigenvalue weighted by molar-refractivity contribution is 5.91. The lowest BCUT2D eigenvalue weighted by Gasteiger charge is -2.34. The number of hydrogen-bond donors (Lipinski definition) is 0. The lowest BCUT2D eigenvalue weighted by atomic mass is 10.2. The van der Waals surface area contributed by atoms with Crippen molar-refractivity contribution in [3.63, 3.8) is 0 Å². The van der Waals surface area contributed by atoms with Crippen LogP contribution in [0, 0.1) is 11.6 Å². The van der Waals surface area contributed by atoms with Crippen LogP contribution in [0.15, 0.2) is 47.1 Å². The van der Waals surface area contributed by atoms with Crippen molar-refractivity contribution in [2.75, 3.05) is 26.2 Å². The van der Waals surface area contributed by atoms with Gasteiger partial charge in [-0.3, -0.25) is 14.4 Å². The Morgan fingerprint density at radius 3 is 2.67 bits per heavy atom. The van der Waals surface area contributed by atoms with Crippen molar-refractivity contribution in [3.05, 3.63) is 71.4 Å². The Bertz CT molecular complexity index is 1020. The Balaban J connectivity index is 1.28. The molecule has 2 aromatic heterocycles. The molecular weight excluding hydrogens is 394 g/mol. The summed E-state index contributed by atoms with van der Waals surface area (Å²) in [5.74, 6) is -1.12. The van der Waals surface area contributed by atoms with Crippen molar-refractivity contribution < 1.29 is 22.7 Å². The van der Waals surface area contributed by atoms with Gasteiger partial charge in [-0.2, -0.15) is 5.10 Å². The van der Waals surface area contributed by atoms with E-state index in [1.165, 1.54) is 6.07 Å². The van der Waals surface area contributed by atoms with E-state index in [0.717, 1.165) is 37.3 Å². The molecule has 1 aromatic carbocycles. The maximum atomic E-state index is 13.6. The molecule has 0 unspecified atom stereocenters. The van der Waals surface area contributed by atoms with Gasteiger partial charge in [0.25, 0.3) is 5.91 Å². The predicted octanol–water partition coefficient (Wildman–Crippen LogP) is 2.83. The summed E-state index contributed by atoms with van der Waals surface area (Å²) in [5.41, 5.74) is 1.14. The molecule has 0 saturated carbocycles. The molecule has 0 spiro atoms. The highest BCUT2D eigenvalue weighted by atomic mass is 19.1. The van der Waals surface area contributed by atoms with Crippen LogP contribution in [0.5, 0.6) is 5.75 Å². The summed E-state index contributed by atoms with van der Waals surface area (Å²) in [6.45, 7) is 3.48. The van der Waals surface area contributed by atoms with E-state index in [1.54, 1.807) is 21.7 Å². The Morgan fingerprint density at radius 2 is 1.97 bits per heavy atom. The van der Waals surface area contributed by atoms with E-state index in [0.29, 0.717) is 18.8 Å². The molecule has 1 saturated heterocycles. The number of aromatic nitrogens is 2. The number of benzene rings is 1. The highest BCUT2D eigenvalue weighted by Crippen LogP contribution is 2.20. The van der Waals surface area contributed by atoms with Crippen LogP contribution in [0.2, 0.25) is 0 Å². The maximum Gasteiger partial charge on any atom is 0.289 e. The number of nitrogens with zero attached hydrogens (tertiary/aromatic N) is 4. The molecular formula is C21H22F2N4O3. The number of carbonyl (C=O) groups excluding carboxylic acids is 1. The van der Waals surface area contributed by atoms with Crippen molar-refractivity contribution in [3.8, 4) is 5.75 Å². The van der Waals surface area contributed by atoms with Crippen LogP contribution in [0.25, 0.3) is 0 Å². The molecule has 9 heteroatoms. The fraction of sp³-hybridized carbons (Fsp3) is 0.333. The fourth-order valence-corrected chi connectivity index (χ4v) is 3.39. The Hall–Kier alpha value is -3.20. The molecule has 1 amide bonds. The first kappa shape index (κ1) is 20.1. The minimum absolute atomic E-state index is 0.0608. The average molecular weight is 416 g/mol. The zero-order valence-corrected chi connectivity index (χ0v) is 16.6. The molecule has 0 atom stereocenters. The Kier molecular flexibility index (Phi) is 5.80. The van der Waals surface area contributed by atoms with Gasteiger partial charge in [-0.25, -0.2) is 8.78 Å². The fourth-order valence-electron chi connectivity index (χ4n) is 3.39. The number of amides is 1. The van der Waals surface area contributed by atoms with Crippen LogP contribution < -0.4 is 4.74 Å². The second kappa shape index (κ2) is 8.66. The molecule has 4 rings (SSSR count). The first-order valence-corrected chi connectivity index (χ1v) is 9.63. The smallest absolute Gasteiger partial charge is 0.289 e. The number of rotatable bonds is 6. The van der Waals surface area contributed by atoms with Crippen LogP contribution in [0.3, 0.4) is 0 Å². The van der Waals surface area contributed by atoms with E-state index in [-0.39, 0.29) is 24.0 Å². The maximum absolute atomic E-state index is 13.6. The number of furan rings is 1. The van der Waals surface area contributed by atoms with E-state index in [9.17, 15) is 13.6 Å². The zero-order chi connectivity index (χ0) is 21.1. The molecule has 1 aliphatic heterocycles. The number of carbonyl (C=O) groups is 1. The number of aryl methyl sites for hydroxylation is 1. The summed E-state index contributed by atoms with van der Waals surface area (Å²) in [6.07, 6.45) is 3.84. The Morgan fingerprint density at radius 1 is 1.17 bits per heavy atom. The molecule has 1 aliphatic rings. The van der Waals surface area contributed by atoms with Gasteiger partial charge in [0.05, 0.1) is 6.20 Å². The van der Waals surface area contributed by atoms with Crippen molar-refractivity contribution in [2.24, 2.45) is 7.05 Å². The normalized spacial score (nSPS) is 14.8. The van der Waals surface area contributed by atoms with Gasteiger partial charge in [0.15, 0.2) is 17.3 Å². The third-order valence-corrected chi connectivity index (χ3v) is 4.96. The van der Waals surface area contributed by atoms with Gasteiger partial charge < -0.3 is 14.1 Å². The molecule has 30 heavy (non-hydrogen) atoms. The van der Waals surface area contributed by atoms with Gasteiger partial charge in [-0.05, 0) is 24.3 Å². The van der Waals surface area contributed by atoms with Crippen LogP contribution in [-0.2, 0) is 20.2 Å². The molecule has 0 aliphatic carbocycles. The topological polar surface area (TPSA) is 63.7 Å². The van der Waals surface area contributed by atoms with Gasteiger partial charge in [0, 0.05) is 57.6 Å². The molecule has 0 N–H and O–H groups in total. The minimum Gasteiger partial charge on any atom is -0.483 e. The second-order valence-electron chi connectivity index (χ2n) is 7.22. The number of piperazine rings is 1. The lowest BCUT2D eigenvalue weighted by molar-refractivity contribution is 0.0594. The highest BCUT2D eigenvalue weighted by Gasteiger charge is 2.24. The number of hydrogen-bond acceptors (Lipinski definition) is 5. The van der Waals surface area contributed by atoms with Crippen molar-refractivity contribution >= 4 is 5.91 Å². The summed E-state index contributed by atoms with van der Waals surface area (Å²) in [7, 11) is 1.89. The van der Waals surface area contributed by atoms with Crippen molar-refractivity contribution in [1.82, 2.24) is 19.6 Å². The minimum atomic E-state index is -0.790. The van der Waals surface area contributed by atoms with Gasteiger partial charge in [0.1, 0.15) is 18.2 Å². The molecule has 1 fully saturated rings. The molecule has 3 heterocycles. The van der Waals surface area contributed by atoms with E-state index < -0.39 is 11.6 Å². The van der Waals surface area contributed by atoms with Gasteiger partial charge >= 0.3 is 0 Å². The van der Waals surface area contributed by atoms with Crippen molar-refractivity contribution in [2.45, 2.75) is 13.2 Å². The number of halogens is 2. The average Bonchev–Trinajstić information content (AvgIpc) is 3.36. The van der Waals surface area contributed by atoms with Crippen LogP contribution in [0.4, 0.5) is 8.78 Å². The zero-order valence-electron chi connectivity index (χ0n) is 16.6. The second-order valence-corrected chi connectivity index (χ2v) is 7.22. The summed E-state index contributed by atoms with van der Waals surface area (Å²) >= 11 is 0. The first-order valence-electron chi connectivity index (χ1n) is 9.63. The van der Waals surface area contributed by atoms with Crippen LogP contribution in [0.1, 0.15) is 21.9 Å². The largest absolute Gasteiger partial charge is 0.483 e. The van der Waals surface area contributed by atoms with Gasteiger partial charge in [-0.15, -0.1) is 0 Å². The number of ether oxygens (including phenoxy) is 1. The van der Waals surface area contributed by atoms with E-state index in [1.807, 2.05) is 19.4 Å². The summed E-state index contributed by atoms with van der Waals surface area (Å²) in [5, 5.41) is 4.18. The van der Waals surface area contributed by atoms with Gasteiger partial charge in [-0.1, -0.05) is 0 Å². The van der Waals surface area contributed by atoms with Crippen LogP contribution >= 0.6 is 0 Å². The third-order valence-electron chi connectivity index (χ3n) is 4.96. The van der Waals surface area contributed by atoms with Crippen molar-refractivity contribution in [1.29, 1.82) is 0 Å². The lowest BCUT2D eigenvalue weighted by Crippen LogP contribution is -2.48. The molecule has 0 radical (unpaired) electrons. The predicted molar refractivity (Wildman–Crippen MR) is 104 cm³/mol. The Labute approximate surface area is 172 Å². The summed E-state index contributed by atoms with van der Waals surface area (Å²) in [4.78, 5) is 16.7. The van der Waals surface area contributed by atoms with E-state index >= 15 is 0 Å². The molecule has 158 valence electrons. The van der Waals surface area contributed by atoms with E-state index in [4.69, 9.17) is 9.15 Å². The molecule has 7 nitrogen and oxygen atoms in total. The first-order chi connectivity index (χ1) is 14.5. The quantitative estimate of drug-likeness (QED) is 0.618. The molecule has 0 bridgehead atoms. The summed E-state index contributed by atoms with van der Waals surface area (Å²) in [6, 6.07) is 6.28. The standard InChI is InChI=1S/C21H22F2N4O3/c1-25-12-15(11-24-25)13-26-6-8-27(9-7-26)21(28)20-5-3-17(30-20)14-29-19-4-2-16(22)10-18(19)23/h2-5,10-12H,6-9,13-14H2,1H3. The monoisotopic (exact) mass is 416 g/mol. The van der Waals surface area contributed by atoms with Crippen LogP contribution in [-0.4, -0.2) is 51.7 Å². The van der Waals surface area contributed by atoms with Gasteiger partial charge in [0.2, 0.25) is 0 Å². The van der Waals surface area contributed by atoms with E-state index in [2.05, 4.69) is 10.00 Å². The molecule has 3 aromatic rings.